The minimum Gasteiger partial charge on any atom is -0.361 e. The highest BCUT2D eigenvalue weighted by Gasteiger charge is 2.34. The maximum absolute atomic E-state index is 14.0. The van der Waals surface area contributed by atoms with Crippen LogP contribution in [0.4, 0.5) is 0 Å². The minimum atomic E-state index is -1.01. The molecule has 1 aromatic heterocycles. The molecule has 0 saturated carbocycles. The number of amides is 5. The Balaban J connectivity index is 1.44. The Kier molecular flexibility index (Phi) is 10.7. The smallest absolute Gasteiger partial charge is 0.245 e. The normalized spacial score (nSPS) is 24.0. The molecule has 0 radical (unpaired) electrons. The summed E-state index contributed by atoms with van der Waals surface area (Å²) in [7, 11) is 1.51. The number of rotatable bonds is 5. The molecule has 12 heteroatoms. The standard InChI is InChI=1S/C34H43N7O5/c1-22-31(43)39-28(18-23-10-4-3-5-11-23)32(44)36-16-17-41(34(46)27-14-8-9-15-35-27)21-30(42)38-29(33(45)40(22)2)19-24-20-37-26-13-7-6-12-25(24)26/h3-7,10-13,20,22,27-29,35,37H,8-9,14-19,21H2,1-2H3,(H,36,44)(H,38,42)(H,39,43)/t22-,27-,28-,29-/m0/s1. The van der Waals surface area contributed by atoms with Gasteiger partial charge in [0.05, 0.1) is 12.6 Å². The molecule has 12 nitrogen and oxygen atoms in total. The summed E-state index contributed by atoms with van der Waals surface area (Å²) in [6, 6.07) is 13.7. The predicted octanol–water partition coefficient (Wildman–Crippen LogP) is 0.870. The van der Waals surface area contributed by atoms with Crippen molar-refractivity contribution in [3.8, 4) is 0 Å². The number of hydrogen-bond donors (Lipinski definition) is 5. The van der Waals surface area contributed by atoms with Gasteiger partial charge in [-0.3, -0.25) is 24.0 Å². The van der Waals surface area contributed by atoms with Gasteiger partial charge in [-0.1, -0.05) is 55.0 Å². The number of para-hydroxylation sites is 1. The quantitative estimate of drug-likeness (QED) is 0.282. The number of H-pyrrole nitrogens is 1. The second kappa shape index (κ2) is 15.0. The Morgan fingerprint density at radius 3 is 2.39 bits per heavy atom. The second-order valence-electron chi connectivity index (χ2n) is 12.1. The Hall–Kier alpha value is -4.71. The van der Waals surface area contributed by atoms with E-state index in [0.29, 0.717) is 13.0 Å². The number of piperidine rings is 1. The lowest BCUT2D eigenvalue weighted by Gasteiger charge is -2.31. The van der Waals surface area contributed by atoms with E-state index in [9.17, 15) is 24.0 Å². The molecule has 0 bridgehead atoms. The van der Waals surface area contributed by atoms with Gasteiger partial charge in [0.2, 0.25) is 29.5 Å². The summed E-state index contributed by atoms with van der Waals surface area (Å²) in [5.74, 6) is -2.12. The Morgan fingerprint density at radius 2 is 1.63 bits per heavy atom. The largest absolute Gasteiger partial charge is 0.361 e. The first kappa shape index (κ1) is 32.7. The number of nitrogens with one attached hydrogen (secondary N) is 5. The van der Waals surface area contributed by atoms with E-state index in [2.05, 4.69) is 26.3 Å². The molecule has 2 saturated heterocycles. The first-order valence-electron chi connectivity index (χ1n) is 16.0. The lowest BCUT2D eigenvalue weighted by Crippen LogP contribution is -2.57. The number of nitrogens with zero attached hydrogens (tertiary/aromatic N) is 2. The molecule has 5 N–H and O–H groups in total. The van der Waals surface area contributed by atoms with Crippen LogP contribution in [-0.2, 0) is 36.8 Å². The topological polar surface area (TPSA) is 156 Å². The molecule has 3 aromatic rings. The summed E-state index contributed by atoms with van der Waals surface area (Å²) in [5, 5.41) is 12.7. The van der Waals surface area contributed by atoms with Crippen molar-refractivity contribution < 1.29 is 24.0 Å². The summed E-state index contributed by atoms with van der Waals surface area (Å²) >= 11 is 0. The fourth-order valence-corrected chi connectivity index (χ4v) is 6.09. The zero-order chi connectivity index (χ0) is 32.6. The molecule has 2 aromatic carbocycles. The van der Waals surface area contributed by atoms with Crippen molar-refractivity contribution in [3.05, 3.63) is 71.9 Å². The van der Waals surface area contributed by atoms with Crippen molar-refractivity contribution >= 4 is 40.4 Å². The number of hydrogen-bond acceptors (Lipinski definition) is 6. The van der Waals surface area contributed by atoms with Gasteiger partial charge in [-0.15, -0.1) is 0 Å². The van der Waals surface area contributed by atoms with Gasteiger partial charge in [0, 0.05) is 50.1 Å². The van der Waals surface area contributed by atoms with E-state index < -0.39 is 47.8 Å². The third-order valence-corrected chi connectivity index (χ3v) is 8.89. The van der Waals surface area contributed by atoms with Crippen LogP contribution in [0.15, 0.2) is 60.8 Å². The Bertz CT molecular complexity index is 1550. The number of aromatic amines is 1. The SMILES string of the molecule is C[C@H]1C(=O)N[C@@H](Cc2ccccc2)C(=O)NCCN(C(=O)[C@@H]2CCCCN2)CC(=O)N[C@@H](Cc2c[nH]c3ccccc23)C(=O)N1C. The highest BCUT2D eigenvalue weighted by atomic mass is 16.2. The molecule has 4 atom stereocenters. The monoisotopic (exact) mass is 629 g/mol. The Morgan fingerprint density at radius 1 is 0.870 bits per heavy atom. The average molecular weight is 630 g/mol. The van der Waals surface area contributed by atoms with E-state index in [0.717, 1.165) is 34.9 Å². The minimum absolute atomic E-state index is 0.0822. The van der Waals surface area contributed by atoms with Gasteiger partial charge < -0.3 is 36.1 Å². The molecule has 244 valence electrons. The molecular weight excluding hydrogens is 586 g/mol. The number of likely N-dealkylation sites (N-methyl/N-ethyl adjacent to an activating group) is 1. The van der Waals surface area contributed by atoms with Crippen LogP contribution in [0.5, 0.6) is 0 Å². The summed E-state index contributed by atoms with van der Waals surface area (Å²) < 4.78 is 0. The van der Waals surface area contributed by atoms with Crippen molar-refractivity contribution in [3.63, 3.8) is 0 Å². The highest BCUT2D eigenvalue weighted by molar-refractivity contribution is 5.95. The zero-order valence-corrected chi connectivity index (χ0v) is 26.4. The Labute approximate surface area is 268 Å². The van der Waals surface area contributed by atoms with Gasteiger partial charge in [-0.25, -0.2) is 0 Å². The molecule has 2 aliphatic heterocycles. The number of benzene rings is 2. The van der Waals surface area contributed by atoms with Crippen LogP contribution in [0, 0.1) is 0 Å². The lowest BCUT2D eigenvalue weighted by atomic mass is 10.0. The van der Waals surface area contributed by atoms with Crippen molar-refractivity contribution in [2.45, 2.75) is 63.2 Å². The predicted molar refractivity (Wildman–Crippen MR) is 173 cm³/mol. The molecule has 0 unspecified atom stereocenters. The summed E-state index contributed by atoms with van der Waals surface area (Å²) in [5.41, 5.74) is 2.58. The molecule has 2 fully saturated rings. The number of carbonyl (C=O) groups is 5. The zero-order valence-electron chi connectivity index (χ0n) is 26.4. The van der Waals surface area contributed by atoms with E-state index >= 15 is 0 Å². The molecule has 0 aliphatic carbocycles. The molecule has 0 spiro atoms. The van der Waals surface area contributed by atoms with E-state index in [1.807, 2.05) is 60.8 Å². The molecule has 3 heterocycles. The fraction of sp³-hybridized carbons (Fsp3) is 0.441. The van der Waals surface area contributed by atoms with Crippen molar-refractivity contribution in [2.24, 2.45) is 0 Å². The van der Waals surface area contributed by atoms with Crippen LogP contribution in [0.1, 0.15) is 37.3 Å². The number of carbonyl (C=O) groups excluding carboxylic acids is 5. The summed E-state index contributed by atoms with van der Waals surface area (Å²) in [4.78, 5) is 74.0. The van der Waals surface area contributed by atoms with E-state index in [-0.39, 0.29) is 38.4 Å². The van der Waals surface area contributed by atoms with Gasteiger partial charge >= 0.3 is 0 Å². The molecule has 46 heavy (non-hydrogen) atoms. The van der Waals surface area contributed by atoms with Gasteiger partial charge in [-0.05, 0) is 43.5 Å². The third kappa shape index (κ3) is 7.92. The van der Waals surface area contributed by atoms with Crippen LogP contribution in [0.2, 0.25) is 0 Å². The van der Waals surface area contributed by atoms with E-state index in [1.54, 1.807) is 6.92 Å². The van der Waals surface area contributed by atoms with Crippen LogP contribution < -0.4 is 21.3 Å². The third-order valence-electron chi connectivity index (χ3n) is 8.89. The molecule has 5 amide bonds. The van der Waals surface area contributed by atoms with Crippen LogP contribution in [0.3, 0.4) is 0 Å². The lowest BCUT2D eigenvalue weighted by molar-refractivity contribution is -0.142. The van der Waals surface area contributed by atoms with Crippen molar-refractivity contribution in [1.82, 2.24) is 36.1 Å². The first-order chi connectivity index (χ1) is 22.2. The van der Waals surface area contributed by atoms with Gasteiger partial charge in [0.1, 0.15) is 18.1 Å². The average Bonchev–Trinajstić information content (AvgIpc) is 3.48. The van der Waals surface area contributed by atoms with Crippen LogP contribution >= 0.6 is 0 Å². The van der Waals surface area contributed by atoms with Crippen LogP contribution in [0.25, 0.3) is 10.9 Å². The van der Waals surface area contributed by atoms with Gasteiger partial charge in [-0.2, -0.15) is 0 Å². The maximum Gasteiger partial charge on any atom is 0.245 e. The maximum atomic E-state index is 14.0. The van der Waals surface area contributed by atoms with Gasteiger partial charge in [0.15, 0.2) is 0 Å². The number of fused-ring (bicyclic) bond motifs is 1. The summed E-state index contributed by atoms with van der Waals surface area (Å²) in [6.45, 7) is 2.18. The van der Waals surface area contributed by atoms with E-state index in [1.165, 1.54) is 16.8 Å². The highest BCUT2D eigenvalue weighted by Crippen LogP contribution is 2.20. The van der Waals surface area contributed by atoms with Gasteiger partial charge in [0.25, 0.3) is 0 Å². The molecular formula is C34H43N7O5. The summed E-state index contributed by atoms with van der Waals surface area (Å²) in [6.07, 6.45) is 4.73. The fourth-order valence-electron chi connectivity index (χ4n) is 6.09. The first-order valence-corrected chi connectivity index (χ1v) is 16.0. The molecule has 5 rings (SSSR count). The van der Waals surface area contributed by atoms with Crippen molar-refractivity contribution in [2.75, 3.05) is 33.2 Å². The second-order valence-corrected chi connectivity index (χ2v) is 12.1. The van der Waals surface area contributed by atoms with Crippen LogP contribution in [-0.4, -0.2) is 102 Å². The van der Waals surface area contributed by atoms with Crippen molar-refractivity contribution in [1.29, 1.82) is 0 Å². The van der Waals surface area contributed by atoms with E-state index in [4.69, 9.17) is 0 Å². The number of aromatic nitrogens is 1. The molecule has 2 aliphatic rings.